The molecule has 10 heteroatoms. The molecule has 35 heavy (non-hydrogen) atoms. The minimum Gasteiger partial charge on any atom is -0.384 e. The number of fused-ring (bicyclic) bond motifs is 2. The monoisotopic (exact) mass is 493 g/mol. The van der Waals surface area contributed by atoms with E-state index in [0.717, 1.165) is 12.8 Å². The number of nitriles is 1. The SMILES string of the molecule is C[C@H](O)C(=O)N1C[C@H]2CC(N(C)c3c(C#N)cnc4c3ccn4S(=O)(=O)c3ccccc3)C[C@H]2C1. The van der Waals surface area contributed by atoms with Crippen LogP contribution in [0.4, 0.5) is 5.69 Å². The zero-order valence-electron chi connectivity index (χ0n) is 19.6. The zero-order valence-corrected chi connectivity index (χ0v) is 20.4. The number of hydrogen-bond acceptors (Lipinski definition) is 7. The Morgan fingerprint density at radius 1 is 1.20 bits per heavy atom. The first-order valence-electron chi connectivity index (χ1n) is 11.6. The third kappa shape index (κ3) is 3.85. The highest BCUT2D eigenvalue weighted by molar-refractivity contribution is 7.90. The molecule has 1 aliphatic heterocycles. The van der Waals surface area contributed by atoms with E-state index in [1.165, 1.54) is 23.3 Å². The van der Waals surface area contributed by atoms with E-state index < -0.39 is 16.1 Å². The van der Waals surface area contributed by atoms with Crippen LogP contribution < -0.4 is 4.90 Å². The maximum Gasteiger partial charge on any atom is 0.269 e. The number of pyridine rings is 1. The van der Waals surface area contributed by atoms with Crippen molar-refractivity contribution in [2.75, 3.05) is 25.0 Å². The van der Waals surface area contributed by atoms with Crippen LogP contribution in [0.1, 0.15) is 25.3 Å². The summed E-state index contributed by atoms with van der Waals surface area (Å²) < 4.78 is 27.7. The Kier molecular flexibility index (Phi) is 5.77. The van der Waals surface area contributed by atoms with Crippen LogP contribution in [-0.2, 0) is 14.8 Å². The lowest BCUT2D eigenvalue weighted by Gasteiger charge is -2.30. The van der Waals surface area contributed by atoms with E-state index in [1.54, 1.807) is 41.3 Å². The molecule has 1 N–H and O–H groups in total. The van der Waals surface area contributed by atoms with Crippen LogP contribution in [0.3, 0.4) is 0 Å². The number of nitrogens with zero attached hydrogens (tertiary/aromatic N) is 5. The second kappa shape index (κ2) is 8.66. The Morgan fingerprint density at radius 2 is 1.86 bits per heavy atom. The molecule has 1 aromatic carbocycles. The summed E-state index contributed by atoms with van der Waals surface area (Å²) in [5, 5.41) is 20.1. The molecule has 2 aromatic heterocycles. The molecule has 2 aliphatic rings. The fourth-order valence-corrected chi connectivity index (χ4v) is 6.94. The molecule has 1 saturated carbocycles. The van der Waals surface area contributed by atoms with Gasteiger partial charge in [0, 0.05) is 44.0 Å². The van der Waals surface area contributed by atoms with Gasteiger partial charge in [-0.15, -0.1) is 0 Å². The number of amides is 1. The van der Waals surface area contributed by atoms with E-state index in [-0.39, 0.29) is 22.5 Å². The Morgan fingerprint density at radius 3 is 2.46 bits per heavy atom. The van der Waals surface area contributed by atoms with Crippen LogP contribution in [0.2, 0.25) is 0 Å². The summed E-state index contributed by atoms with van der Waals surface area (Å²) >= 11 is 0. The number of carbonyl (C=O) groups excluding carboxylic acids is 1. The minimum atomic E-state index is -3.84. The molecule has 4 atom stereocenters. The van der Waals surface area contributed by atoms with Crippen molar-refractivity contribution in [3.8, 4) is 6.07 Å². The molecule has 3 aromatic rings. The van der Waals surface area contributed by atoms with Gasteiger partial charge in [-0.3, -0.25) is 4.79 Å². The first kappa shape index (κ1) is 23.3. The molecule has 0 radical (unpaired) electrons. The van der Waals surface area contributed by atoms with E-state index >= 15 is 0 Å². The van der Waals surface area contributed by atoms with E-state index in [0.29, 0.717) is 41.6 Å². The van der Waals surface area contributed by atoms with Crippen LogP contribution in [0, 0.1) is 23.2 Å². The van der Waals surface area contributed by atoms with Gasteiger partial charge in [0.05, 0.1) is 16.1 Å². The van der Waals surface area contributed by atoms with Gasteiger partial charge in [-0.1, -0.05) is 18.2 Å². The first-order valence-corrected chi connectivity index (χ1v) is 13.1. The third-order valence-corrected chi connectivity index (χ3v) is 9.05. The summed E-state index contributed by atoms with van der Waals surface area (Å²) in [6, 6.07) is 12.2. The molecule has 1 unspecified atom stereocenters. The van der Waals surface area contributed by atoms with Crippen LogP contribution >= 0.6 is 0 Å². The van der Waals surface area contributed by atoms with Crippen LogP contribution in [0.25, 0.3) is 11.0 Å². The van der Waals surface area contributed by atoms with E-state index in [4.69, 9.17) is 0 Å². The fraction of sp³-hybridized carbons (Fsp3) is 0.400. The maximum absolute atomic E-state index is 13.3. The van der Waals surface area contributed by atoms with Crippen molar-refractivity contribution in [2.45, 2.75) is 36.8 Å². The van der Waals surface area contributed by atoms with Gasteiger partial charge in [-0.05, 0) is 49.8 Å². The van der Waals surface area contributed by atoms with Gasteiger partial charge < -0.3 is 14.9 Å². The number of aromatic nitrogens is 2. The number of aliphatic hydroxyl groups excluding tert-OH is 1. The standard InChI is InChI=1S/C25H27N5O4S/c1-16(31)25(32)29-14-17-10-20(11-18(17)15-29)28(2)23-19(12-26)13-27-24-22(23)8-9-30(24)35(33,34)21-6-4-3-5-7-21/h3-9,13,16-18,20,31H,10-11,14-15H2,1-2H3/t16-,17-,18+,20?/m0/s1. The Labute approximate surface area is 204 Å². The first-order chi connectivity index (χ1) is 16.7. The maximum atomic E-state index is 13.3. The highest BCUT2D eigenvalue weighted by atomic mass is 32.2. The lowest BCUT2D eigenvalue weighted by atomic mass is 10.0. The van der Waals surface area contributed by atoms with Gasteiger partial charge in [-0.25, -0.2) is 17.4 Å². The molecule has 9 nitrogen and oxygen atoms in total. The third-order valence-electron chi connectivity index (χ3n) is 7.37. The van der Waals surface area contributed by atoms with Crippen molar-refractivity contribution in [2.24, 2.45) is 11.8 Å². The largest absolute Gasteiger partial charge is 0.384 e. The normalized spacial score (nSPS) is 22.7. The summed E-state index contributed by atoms with van der Waals surface area (Å²) in [4.78, 5) is 20.5. The molecule has 1 aliphatic carbocycles. The molecular weight excluding hydrogens is 466 g/mol. The topological polar surface area (TPSA) is 120 Å². The molecule has 1 saturated heterocycles. The lowest BCUT2D eigenvalue weighted by Crippen LogP contribution is -2.38. The number of carbonyl (C=O) groups is 1. The van der Waals surface area contributed by atoms with Crippen molar-refractivity contribution in [3.63, 3.8) is 0 Å². The Balaban J connectivity index is 1.46. The van der Waals surface area contributed by atoms with Gasteiger partial charge >= 0.3 is 0 Å². The van der Waals surface area contributed by atoms with Gasteiger partial charge in [0.25, 0.3) is 15.9 Å². The number of rotatable bonds is 5. The highest BCUT2D eigenvalue weighted by Gasteiger charge is 2.44. The van der Waals surface area contributed by atoms with Crippen LogP contribution in [0.15, 0.2) is 53.7 Å². The van der Waals surface area contributed by atoms with Crippen molar-refractivity contribution in [1.29, 1.82) is 5.26 Å². The summed E-state index contributed by atoms with van der Waals surface area (Å²) in [5.41, 5.74) is 1.33. The second-order valence-corrected chi connectivity index (χ2v) is 11.3. The van der Waals surface area contributed by atoms with Gasteiger partial charge in [0.15, 0.2) is 5.65 Å². The number of likely N-dealkylation sites (tertiary alicyclic amines) is 1. The lowest BCUT2D eigenvalue weighted by molar-refractivity contribution is -0.138. The molecule has 1 amide bonds. The summed E-state index contributed by atoms with van der Waals surface area (Å²) in [7, 11) is -1.91. The van der Waals surface area contributed by atoms with Crippen molar-refractivity contribution >= 4 is 32.7 Å². The number of anilines is 1. The fourth-order valence-electron chi connectivity index (χ4n) is 5.62. The van der Waals surface area contributed by atoms with E-state index in [2.05, 4.69) is 16.0 Å². The molecule has 5 rings (SSSR count). The number of benzene rings is 1. The van der Waals surface area contributed by atoms with Crippen molar-refractivity contribution in [3.05, 3.63) is 54.4 Å². The molecule has 3 heterocycles. The highest BCUT2D eigenvalue weighted by Crippen LogP contribution is 2.43. The van der Waals surface area contributed by atoms with E-state index in [9.17, 15) is 23.6 Å². The van der Waals surface area contributed by atoms with Gasteiger partial charge in [0.2, 0.25) is 0 Å². The molecule has 0 bridgehead atoms. The molecule has 0 spiro atoms. The molecule has 182 valence electrons. The average Bonchev–Trinajstić information content (AvgIpc) is 3.56. The molecular formula is C25H27N5O4S. The molecule has 2 fully saturated rings. The zero-order chi connectivity index (χ0) is 24.9. The van der Waals surface area contributed by atoms with Crippen LogP contribution in [0.5, 0.6) is 0 Å². The Hall–Kier alpha value is -3.42. The minimum absolute atomic E-state index is 0.139. The second-order valence-electron chi connectivity index (χ2n) is 9.47. The van der Waals surface area contributed by atoms with E-state index in [1.807, 2.05) is 7.05 Å². The predicted molar refractivity (Wildman–Crippen MR) is 130 cm³/mol. The number of hydrogen-bond donors (Lipinski definition) is 1. The average molecular weight is 494 g/mol. The predicted octanol–water partition coefficient (Wildman–Crippen LogP) is 2.20. The van der Waals surface area contributed by atoms with Gasteiger partial charge in [0.1, 0.15) is 12.2 Å². The van der Waals surface area contributed by atoms with Crippen molar-refractivity contribution < 1.29 is 18.3 Å². The smallest absolute Gasteiger partial charge is 0.269 e. The summed E-state index contributed by atoms with van der Waals surface area (Å²) in [6.45, 7) is 2.75. The summed E-state index contributed by atoms with van der Waals surface area (Å²) in [6.07, 6.45) is 3.63. The number of aliphatic hydroxyl groups is 1. The van der Waals surface area contributed by atoms with Crippen molar-refractivity contribution in [1.82, 2.24) is 13.9 Å². The summed E-state index contributed by atoms with van der Waals surface area (Å²) in [5.74, 6) is 0.431. The van der Waals surface area contributed by atoms with Gasteiger partial charge in [-0.2, -0.15) is 5.26 Å². The quantitative estimate of drug-likeness (QED) is 0.579. The van der Waals surface area contributed by atoms with Crippen LogP contribution in [-0.4, -0.2) is 65.6 Å². The Bertz CT molecular complexity index is 1410.